The summed E-state index contributed by atoms with van der Waals surface area (Å²) >= 11 is 0. The summed E-state index contributed by atoms with van der Waals surface area (Å²) in [5.41, 5.74) is 0.638. The first kappa shape index (κ1) is 18.0. The summed E-state index contributed by atoms with van der Waals surface area (Å²) in [4.78, 5) is 12.1. The third kappa shape index (κ3) is 4.87. The van der Waals surface area contributed by atoms with Crippen LogP contribution in [0.15, 0.2) is 48.5 Å². The third-order valence-electron chi connectivity index (χ3n) is 4.15. The average molecular weight is 357 g/mol. The fraction of sp³-hybridized carbons (Fsp3) is 0.316. The molecular weight excluding hydrogens is 334 g/mol. The molecule has 2 atom stereocenters. The van der Waals surface area contributed by atoms with E-state index >= 15 is 0 Å². The number of benzene rings is 2. The van der Waals surface area contributed by atoms with Crippen LogP contribution < -0.4 is 25.4 Å². The average Bonchev–Trinajstić information content (AvgIpc) is 2.65. The number of carbonyl (C=O) groups excluding carboxylic acids is 1. The molecule has 1 saturated heterocycles. The molecule has 1 aliphatic heterocycles. The quantitative estimate of drug-likeness (QED) is 0.659. The molecule has 0 aromatic heterocycles. The number of urea groups is 1. The zero-order valence-electron chi connectivity index (χ0n) is 14.6. The van der Waals surface area contributed by atoms with Crippen molar-refractivity contribution in [3.63, 3.8) is 0 Å². The first-order chi connectivity index (χ1) is 12.6. The number of nitrogens with one attached hydrogen (secondary N) is 3. The molecule has 1 aliphatic rings. The fourth-order valence-corrected chi connectivity index (χ4v) is 2.73. The minimum Gasteiger partial charge on any atom is -0.497 e. The normalized spacial score (nSPS) is 19.5. The lowest BCUT2D eigenvalue weighted by atomic mass is 10.0. The molecule has 0 radical (unpaired) electrons. The van der Waals surface area contributed by atoms with Crippen LogP contribution in [0, 0.1) is 0 Å². The van der Waals surface area contributed by atoms with Gasteiger partial charge in [-0.3, -0.25) is 0 Å². The van der Waals surface area contributed by atoms with Crippen molar-refractivity contribution in [2.24, 2.45) is 0 Å². The van der Waals surface area contributed by atoms with E-state index in [0.29, 0.717) is 30.2 Å². The Hall–Kier alpha value is -2.77. The minimum absolute atomic E-state index is 0.292. The van der Waals surface area contributed by atoms with Crippen molar-refractivity contribution in [3.8, 4) is 17.2 Å². The number of aliphatic hydroxyl groups is 1. The zero-order valence-corrected chi connectivity index (χ0v) is 14.6. The second kappa shape index (κ2) is 8.55. The predicted octanol–water partition coefficient (Wildman–Crippen LogP) is 2.33. The summed E-state index contributed by atoms with van der Waals surface area (Å²) < 4.78 is 10.9. The highest BCUT2D eigenvalue weighted by Gasteiger charge is 2.24. The molecule has 0 spiro atoms. The molecule has 0 saturated carbocycles. The number of anilines is 1. The van der Waals surface area contributed by atoms with Gasteiger partial charge < -0.3 is 30.5 Å². The van der Waals surface area contributed by atoms with E-state index < -0.39 is 6.10 Å². The molecule has 2 amide bonds. The molecular formula is C19H23N3O4. The van der Waals surface area contributed by atoms with Gasteiger partial charge >= 0.3 is 6.03 Å². The summed E-state index contributed by atoms with van der Waals surface area (Å²) in [5.74, 6) is 2.04. The van der Waals surface area contributed by atoms with Gasteiger partial charge in [-0.05, 0) is 49.4 Å². The lowest BCUT2D eigenvalue weighted by Gasteiger charge is -2.29. The van der Waals surface area contributed by atoms with Gasteiger partial charge in [0.1, 0.15) is 17.2 Å². The Morgan fingerprint density at radius 3 is 2.65 bits per heavy atom. The molecule has 0 unspecified atom stereocenters. The highest BCUT2D eigenvalue weighted by molar-refractivity contribution is 5.89. The van der Waals surface area contributed by atoms with Gasteiger partial charge in [0.15, 0.2) is 0 Å². The molecule has 7 nitrogen and oxygen atoms in total. The van der Waals surface area contributed by atoms with Gasteiger partial charge in [0.05, 0.1) is 19.3 Å². The maximum absolute atomic E-state index is 12.1. The number of methoxy groups -OCH3 is 1. The molecule has 0 bridgehead atoms. The van der Waals surface area contributed by atoms with E-state index in [1.807, 2.05) is 18.2 Å². The molecule has 2 aromatic carbocycles. The second-order valence-electron chi connectivity index (χ2n) is 6.07. The molecule has 1 fully saturated rings. The molecule has 0 aliphatic carbocycles. The van der Waals surface area contributed by atoms with Crippen LogP contribution in [0.5, 0.6) is 17.2 Å². The first-order valence-corrected chi connectivity index (χ1v) is 8.52. The summed E-state index contributed by atoms with van der Waals surface area (Å²) in [5, 5.41) is 18.6. The number of ether oxygens (including phenoxy) is 2. The summed E-state index contributed by atoms with van der Waals surface area (Å²) in [7, 11) is 1.60. The molecule has 138 valence electrons. The zero-order chi connectivity index (χ0) is 18.4. The first-order valence-electron chi connectivity index (χ1n) is 8.52. The van der Waals surface area contributed by atoms with Crippen LogP contribution in [0.1, 0.15) is 6.42 Å². The van der Waals surface area contributed by atoms with E-state index in [0.717, 1.165) is 12.3 Å². The molecule has 2 aromatic rings. The largest absolute Gasteiger partial charge is 0.497 e. The molecule has 3 rings (SSSR count). The fourth-order valence-electron chi connectivity index (χ4n) is 2.73. The van der Waals surface area contributed by atoms with Crippen LogP contribution in [-0.4, -0.2) is 43.5 Å². The minimum atomic E-state index is -0.527. The van der Waals surface area contributed by atoms with E-state index in [1.54, 1.807) is 37.4 Å². The summed E-state index contributed by atoms with van der Waals surface area (Å²) in [6, 6.07) is 13.7. The maximum Gasteiger partial charge on any atom is 0.319 e. The van der Waals surface area contributed by atoms with Crippen molar-refractivity contribution in [1.29, 1.82) is 0 Å². The van der Waals surface area contributed by atoms with E-state index in [1.165, 1.54) is 0 Å². The molecule has 26 heavy (non-hydrogen) atoms. The number of hydrogen-bond donors (Lipinski definition) is 4. The highest BCUT2D eigenvalue weighted by Crippen LogP contribution is 2.26. The van der Waals surface area contributed by atoms with Crippen LogP contribution in [0.25, 0.3) is 0 Å². The van der Waals surface area contributed by atoms with Gasteiger partial charge in [0.2, 0.25) is 0 Å². The van der Waals surface area contributed by atoms with Gasteiger partial charge in [0.25, 0.3) is 0 Å². The Balaban J connectivity index is 1.54. The van der Waals surface area contributed by atoms with Crippen molar-refractivity contribution in [1.82, 2.24) is 10.6 Å². The van der Waals surface area contributed by atoms with E-state index in [2.05, 4.69) is 16.0 Å². The number of hydrogen-bond acceptors (Lipinski definition) is 5. The molecule has 1 heterocycles. The van der Waals surface area contributed by atoms with E-state index in [-0.39, 0.29) is 12.1 Å². The lowest BCUT2D eigenvalue weighted by molar-refractivity contribution is 0.103. The van der Waals surface area contributed by atoms with Gasteiger partial charge in [-0.1, -0.05) is 6.07 Å². The number of rotatable bonds is 5. The van der Waals surface area contributed by atoms with Crippen molar-refractivity contribution >= 4 is 11.7 Å². The van der Waals surface area contributed by atoms with Gasteiger partial charge in [-0.2, -0.15) is 0 Å². The summed E-state index contributed by atoms with van der Waals surface area (Å²) in [6.07, 6.45) is 0.0991. The Morgan fingerprint density at radius 1 is 1.15 bits per heavy atom. The van der Waals surface area contributed by atoms with Crippen molar-refractivity contribution in [2.75, 3.05) is 25.5 Å². The number of carbonyl (C=O) groups is 1. The highest BCUT2D eigenvalue weighted by atomic mass is 16.5. The third-order valence-corrected chi connectivity index (χ3v) is 4.15. The van der Waals surface area contributed by atoms with Crippen LogP contribution in [0.3, 0.4) is 0 Å². The van der Waals surface area contributed by atoms with Crippen LogP contribution in [0.2, 0.25) is 0 Å². The SMILES string of the molecule is COc1cccc(Oc2ccc(NC(=O)N[C@@H]3CNCC[C@H]3O)cc2)c1. The van der Waals surface area contributed by atoms with Crippen LogP contribution >= 0.6 is 0 Å². The van der Waals surface area contributed by atoms with Crippen molar-refractivity contribution in [2.45, 2.75) is 18.6 Å². The summed E-state index contributed by atoms with van der Waals surface area (Å²) in [6.45, 7) is 1.32. The van der Waals surface area contributed by atoms with Crippen LogP contribution in [-0.2, 0) is 0 Å². The van der Waals surface area contributed by atoms with Gasteiger partial charge in [-0.25, -0.2) is 4.79 Å². The second-order valence-corrected chi connectivity index (χ2v) is 6.07. The topological polar surface area (TPSA) is 91.9 Å². The van der Waals surface area contributed by atoms with Gasteiger partial charge in [0, 0.05) is 18.3 Å². The van der Waals surface area contributed by atoms with E-state index in [9.17, 15) is 9.90 Å². The van der Waals surface area contributed by atoms with Gasteiger partial charge in [-0.15, -0.1) is 0 Å². The van der Waals surface area contributed by atoms with Crippen molar-refractivity contribution < 1.29 is 19.4 Å². The van der Waals surface area contributed by atoms with E-state index in [4.69, 9.17) is 9.47 Å². The predicted molar refractivity (Wildman–Crippen MR) is 98.9 cm³/mol. The molecule has 7 heteroatoms. The van der Waals surface area contributed by atoms with Crippen molar-refractivity contribution in [3.05, 3.63) is 48.5 Å². The monoisotopic (exact) mass is 357 g/mol. The Bertz CT molecular complexity index is 736. The number of amides is 2. The lowest BCUT2D eigenvalue weighted by Crippen LogP contribution is -2.54. The smallest absolute Gasteiger partial charge is 0.319 e. The number of piperidine rings is 1. The Labute approximate surface area is 152 Å². The maximum atomic E-state index is 12.1. The Morgan fingerprint density at radius 2 is 1.92 bits per heavy atom. The Kier molecular flexibility index (Phi) is 5.93. The number of aliphatic hydroxyl groups excluding tert-OH is 1. The molecule has 4 N–H and O–H groups in total. The van der Waals surface area contributed by atoms with Crippen LogP contribution in [0.4, 0.5) is 10.5 Å². The standard InChI is InChI=1S/C19H23N3O4/c1-25-15-3-2-4-16(11-15)26-14-7-5-13(6-8-14)21-19(24)22-17-12-20-10-9-18(17)23/h2-8,11,17-18,20,23H,9-10,12H2,1H3,(H2,21,22,24)/t17-,18-/m1/s1.